The molecule has 2 fully saturated rings. The fraction of sp³-hybridized carbons (Fsp3) is 0.533. The van der Waals surface area contributed by atoms with Gasteiger partial charge in [-0.15, -0.1) is 0 Å². The molecular weight excluding hydrogens is 228 g/mol. The molecule has 0 spiro atoms. The molecule has 2 bridgehead atoms. The van der Waals surface area contributed by atoms with Crippen LogP contribution >= 0.6 is 0 Å². The number of carbonyl (C=O) groups excluding carboxylic acids is 1. The number of ether oxygens (including phenoxy) is 2. The molecule has 3 nitrogen and oxygen atoms in total. The second-order valence-electron chi connectivity index (χ2n) is 5.04. The van der Waals surface area contributed by atoms with Gasteiger partial charge in [-0.1, -0.05) is 12.1 Å². The number of Topliss-reactive ketones (excluding diaryl/α,β-unsaturated/α-hetero) is 1. The zero-order valence-electron chi connectivity index (χ0n) is 10.6. The monoisotopic (exact) mass is 246 g/mol. The molecular formula is C15H18O3. The predicted octanol–water partition coefficient (Wildman–Crippen LogP) is 2.84. The van der Waals surface area contributed by atoms with Crippen LogP contribution in [0.5, 0.6) is 5.75 Å². The lowest BCUT2D eigenvalue weighted by Gasteiger charge is -2.17. The predicted molar refractivity (Wildman–Crippen MR) is 67.9 cm³/mol. The molecule has 2 saturated heterocycles. The minimum Gasteiger partial charge on any atom is -0.494 e. The molecule has 0 N–H and O–H groups in total. The minimum absolute atomic E-state index is 0.0561. The minimum atomic E-state index is 0.0561. The van der Waals surface area contributed by atoms with Crippen molar-refractivity contribution in [1.82, 2.24) is 0 Å². The highest BCUT2D eigenvalue weighted by atomic mass is 16.5. The van der Waals surface area contributed by atoms with Crippen molar-refractivity contribution in [3.63, 3.8) is 0 Å². The van der Waals surface area contributed by atoms with Gasteiger partial charge in [0.25, 0.3) is 0 Å². The van der Waals surface area contributed by atoms with Crippen molar-refractivity contribution < 1.29 is 14.3 Å². The van der Waals surface area contributed by atoms with Gasteiger partial charge in [0, 0.05) is 5.56 Å². The topological polar surface area (TPSA) is 35.5 Å². The number of rotatable bonds is 4. The van der Waals surface area contributed by atoms with E-state index in [0.29, 0.717) is 12.7 Å². The molecule has 0 amide bonds. The molecule has 96 valence electrons. The summed E-state index contributed by atoms with van der Waals surface area (Å²) in [6, 6.07) is 7.48. The van der Waals surface area contributed by atoms with Crippen LogP contribution in [-0.2, 0) is 4.74 Å². The SMILES string of the molecule is CCOc1cccc(C(=O)C2CC3CCC2O3)c1. The average Bonchev–Trinajstić information content (AvgIpc) is 3.01. The Bertz CT molecular complexity index is 455. The van der Waals surface area contributed by atoms with Gasteiger partial charge in [0.05, 0.1) is 24.7 Å². The Morgan fingerprint density at radius 3 is 3.00 bits per heavy atom. The fourth-order valence-corrected chi connectivity index (χ4v) is 3.03. The van der Waals surface area contributed by atoms with Crippen molar-refractivity contribution in [2.75, 3.05) is 6.61 Å². The molecule has 2 heterocycles. The van der Waals surface area contributed by atoms with Crippen molar-refractivity contribution in [3.8, 4) is 5.75 Å². The Hall–Kier alpha value is -1.35. The second kappa shape index (κ2) is 4.73. The van der Waals surface area contributed by atoms with Gasteiger partial charge in [0.2, 0.25) is 0 Å². The van der Waals surface area contributed by atoms with Gasteiger partial charge in [0.15, 0.2) is 5.78 Å². The lowest BCUT2D eigenvalue weighted by molar-refractivity contribution is 0.0743. The quantitative estimate of drug-likeness (QED) is 0.766. The lowest BCUT2D eigenvalue weighted by Crippen LogP contribution is -2.25. The second-order valence-corrected chi connectivity index (χ2v) is 5.04. The lowest BCUT2D eigenvalue weighted by atomic mass is 9.84. The van der Waals surface area contributed by atoms with Gasteiger partial charge >= 0.3 is 0 Å². The number of fused-ring (bicyclic) bond motifs is 2. The van der Waals surface area contributed by atoms with Crippen molar-refractivity contribution in [2.45, 2.75) is 38.4 Å². The molecule has 2 aliphatic heterocycles. The van der Waals surface area contributed by atoms with Crippen LogP contribution < -0.4 is 4.74 Å². The molecule has 1 aromatic rings. The maximum Gasteiger partial charge on any atom is 0.168 e. The molecule has 1 aromatic carbocycles. The van der Waals surface area contributed by atoms with E-state index in [9.17, 15) is 4.79 Å². The fourth-order valence-electron chi connectivity index (χ4n) is 3.03. The molecule has 3 rings (SSSR count). The normalized spacial score (nSPS) is 29.5. The summed E-state index contributed by atoms with van der Waals surface area (Å²) in [6.45, 7) is 2.56. The van der Waals surface area contributed by atoms with Crippen molar-refractivity contribution in [1.29, 1.82) is 0 Å². The highest BCUT2D eigenvalue weighted by Crippen LogP contribution is 2.40. The zero-order chi connectivity index (χ0) is 12.5. The number of ketones is 1. The summed E-state index contributed by atoms with van der Waals surface area (Å²) in [5.74, 6) is 1.04. The van der Waals surface area contributed by atoms with Crippen LogP contribution in [0.3, 0.4) is 0 Å². The van der Waals surface area contributed by atoms with Gasteiger partial charge in [-0.05, 0) is 38.3 Å². The smallest absolute Gasteiger partial charge is 0.168 e. The summed E-state index contributed by atoms with van der Waals surface area (Å²) in [6.07, 6.45) is 3.51. The van der Waals surface area contributed by atoms with Crippen LogP contribution in [0, 0.1) is 5.92 Å². The van der Waals surface area contributed by atoms with Crippen molar-refractivity contribution >= 4 is 5.78 Å². The highest BCUT2D eigenvalue weighted by molar-refractivity contribution is 5.98. The van der Waals surface area contributed by atoms with Gasteiger partial charge in [-0.3, -0.25) is 4.79 Å². The molecule has 0 aliphatic carbocycles. The first-order valence-corrected chi connectivity index (χ1v) is 6.70. The van der Waals surface area contributed by atoms with Crippen LogP contribution in [0.1, 0.15) is 36.5 Å². The van der Waals surface area contributed by atoms with E-state index in [1.54, 1.807) is 0 Å². The van der Waals surface area contributed by atoms with Crippen LogP contribution in [0.25, 0.3) is 0 Å². The zero-order valence-corrected chi connectivity index (χ0v) is 10.6. The Kier molecular flexibility index (Phi) is 3.08. The summed E-state index contributed by atoms with van der Waals surface area (Å²) < 4.78 is 11.2. The number of carbonyl (C=O) groups is 1. The van der Waals surface area contributed by atoms with E-state index in [2.05, 4.69) is 0 Å². The Balaban J connectivity index is 1.77. The van der Waals surface area contributed by atoms with Crippen molar-refractivity contribution in [3.05, 3.63) is 29.8 Å². The Labute approximate surface area is 107 Å². The third kappa shape index (κ3) is 2.03. The molecule has 0 aromatic heterocycles. The number of hydrogen-bond acceptors (Lipinski definition) is 3. The van der Waals surface area contributed by atoms with E-state index in [0.717, 1.165) is 30.6 Å². The summed E-state index contributed by atoms with van der Waals surface area (Å²) in [4.78, 5) is 12.5. The van der Waals surface area contributed by atoms with Crippen LogP contribution in [0.2, 0.25) is 0 Å². The largest absolute Gasteiger partial charge is 0.494 e. The van der Waals surface area contributed by atoms with Crippen LogP contribution in [-0.4, -0.2) is 24.6 Å². The van der Waals surface area contributed by atoms with Gasteiger partial charge < -0.3 is 9.47 Å². The first kappa shape index (κ1) is 11.7. The van der Waals surface area contributed by atoms with Gasteiger partial charge in [-0.2, -0.15) is 0 Å². The third-order valence-corrected chi connectivity index (χ3v) is 3.87. The molecule has 3 atom stereocenters. The molecule has 18 heavy (non-hydrogen) atoms. The first-order chi connectivity index (χ1) is 8.78. The van der Waals surface area contributed by atoms with Crippen molar-refractivity contribution in [2.24, 2.45) is 5.92 Å². The number of benzene rings is 1. The maximum absolute atomic E-state index is 12.5. The van der Waals surface area contributed by atoms with E-state index < -0.39 is 0 Å². The summed E-state index contributed by atoms with van der Waals surface area (Å²) in [7, 11) is 0. The molecule has 3 unspecified atom stereocenters. The van der Waals surface area contributed by atoms with Crippen LogP contribution in [0.4, 0.5) is 0 Å². The van der Waals surface area contributed by atoms with E-state index in [1.807, 2.05) is 31.2 Å². The highest BCUT2D eigenvalue weighted by Gasteiger charge is 2.44. The molecule has 3 heteroatoms. The summed E-state index contributed by atoms with van der Waals surface area (Å²) >= 11 is 0. The van der Waals surface area contributed by atoms with Gasteiger partial charge in [0.1, 0.15) is 5.75 Å². The standard InChI is InChI=1S/C15H18O3/c1-2-17-11-5-3-4-10(8-11)15(16)13-9-12-6-7-14(13)18-12/h3-5,8,12-14H,2,6-7,9H2,1H3. The summed E-state index contributed by atoms with van der Waals surface area (Å²) in [5.41, 5.74) is 0.752. The van der Waals surface area contributed by atoms with E-state index in [1.165, 1.54) is 0 Å². The van der Waals surface area contributed by atoms with E-state index in [4.69, 9.17) is 9.47 Å². The first-order valence-electron chi connectivity index (χ1n) is 6.70. The Morgan fingerprint density at radius 2 is 2.33 bits per heavy atom. The maximum atomic E-state index is 12.5. The van der Waals surface area contributed by atoms with Crippen LogP contribution in [0.15, 0.2) is 24.3 Å². The summed E-state index contributed by atoms with van der Waals surface area (Å²) in [5, 5.41) is 0. The Morgan fingerprint density at radius 1 is 1.44 bits per heavy atom. The molecule has 0 saturated carbocycles. The number of hydrogen-bond donors (Lipinski definition) is 0. The van der Waals surface area contributed by atoms with E-state index in [-0.39, 0.29) is 17.8 Å². The third-order valence-electron chi connectivity index (χ3n) is 3.87. The molecule has 0 radical (unpaired) electrons. The molecule has 2 aliphatic rings. The van der Waals surface area contributed by atoms with E-state index >= 15 is 0 Å². The average molecular weight is 246 g/mol. The van der Waals surface area contributed by atoms with Gasteiger partial charge in [-0.25, -0.2) is 0 Å².